The first kappa shape index (κ1) is 23.3. The highest BCUT2D eigenvalue weighted by molar-refractivity contribution is 5.69. The molecule has 0 aliphatic carbocycles. The lowest BCUT2D eigenvalue weighted by Crippen LogP contribution is -2.59. The quantitative estimate of drug-likeness (QED) is 0.647. The summed E-state index contributed by atoms with van der Waals surface area (Å²) < 4.78 is 11.9. The average Bonchev–Trinajstić information content (AvgIpc) is 2.70. The second-order valence-corrected chi connectivity index (χ2v) is 9.49. The van der Waals surface area contributed by atoms with Crippen molar-refractivity contribution in [3.8, 4) is 0 Å². The fourth-order valence-electron chi connectivity index (χ4n) is 4.08. The molecule has 31 heavy (non-hydrogen) atoms. The minimum atomic E-state index is -0.528. The van der Waals surface area contributed by atoms with Crippen LogP contribution in [-0.2, 0) is 22.6 Å². The first-order valence-corrected chi connectivity index (χ1v) is 11.2. The van der Waals surface area contributed by atoms with Crippen molar-refractivity contribution in [1.82, 2.24) is 9.80 Å². The highest BCUT2D eigenvalue weighted by atomic mass is 16.6. The number of morpholine rings is 1. The van der Waals surface area contributed by atoms with Crippen molar-refractivity contribution >= 4 is 6.09 Å². The van der Waals surface area contributed by atoms with Crippen LogP contribution < -0.4 is 0 Å². The highest BCUT2D eigenvalue weighted by Crippen LogP contribution is 2.23. The lowest BCUT2D eigenvalue weighted by atomic mass is 10.0. The number of nitrogens with zero attached hydrogens (tertiary/aromatic N) is 2. The Bertz CT molecular complexity index is 778. The third-order valence-electron chi connectivity index (χ3n) is 5.41. The van der Waals surface area contributed by atoms with Crippen molar-refractivity contribution in [2.75, 3.05) is 13.1 Å². The SMILES string of the molecule is C[C@@H]1CN(C(=O)OC(C)(C)C)[C@H](CN(Cc2ccccc2)Cc2ccccc2)[C@H](C)O1. The van der Waals surface area contributed by atoms with Gasteiger partial charge in [-0.2, -0.15) is 0 Å². The van der Waals surface area contributed by atoms with Gasteiger partial charge in [0.25, 0.3) is 0 Å². The topological polar surface area (TPSA) is 42.0 Å². The molecule has 1 fully saturated rings. The number of ether oxygens (including phenoxy) is 2. The Morgan fingerprint density at radius 3 is 2.00 bits per heavy atom. The van der Waals surface area contributed by atoms with E-state index in [0.29, 0.717) is 13.1 Å². The molecular weight excluding hydrogens is 388 g/mol. The van der Waals surface area contributed by atoms with Gasteiger partial charge in [0.15, 0.2) is 0 Å². The summed E-state index contributed by atoms with van der Waals surface area (Å²) in [4.78, 5) is 17.3. The summed E-state index contributed by atoms with van der Waals surface area (Å²) in [5, 5.41) is 0. The normalized spacial score (nSPS) is 21.9. The van der Waals surface area contributed by atoms with E-state index < -0.39 is 5.60 Å². The van der Waals surface area contributed by atoms with E-state index in [4.69, 9.17) is 9.47 Å². The maximum Gasteiger partial charge on any atom is 0.410 e. The van der Waals surface area contributed by atoms with Crippen molar-refractivity contribution in [3.63, 3.8) is 0 Å². The smallest absolute Gasteiger partial charge is 0.410 e. The van der Waals surface area contributed by atoms with Crippen molar-refractivity contribution in [2.45, 2.75) is 71.6 Å². The van der Waals surface area contributed by atoms with Crippen LogP contribution in [0.2, 0.25) is 0 Å². The largest absolute Gasteiger partial charge is 0.444 e. The Kier molecular flexibility index (Phi) is 7.74. The van der Waals surface area contributed by atoms with E-state index in [9.17, 15) is 4.79 Å². The van der Waals surface area contributed by atoms with Crippen molar-refractivity contribution < 1.29 is 14.3 Å². The number of hydrogen-bond donors (Lipinski definition) is 0. The summed E-state index contributed by atoms with van der Waals surface area (Å²) in [5.74, 6) is 0. The Balaban J connectivity index is 1.82. The van der Waals surface area contributed by atoms with E-state index in [1.165, 1.54) is 11.1 Å². The standard InChI is InChI=1S/C26H36N2O3/c1-20-16-28(25(29)31-26(3,4)5)24(21(2)30-20)19-27(17-22-12-8-6-9-13-22)18-23-14-10-7-11-15-23/h6-15,20-21,24H,16-19H2,1-5H3/t20-,21+,24-/m1/s1. The predicted molar refractivity (Wildman–Crippen MR) is 124 cm³/mol. The molecule has 1 heterocycles. The van der Waals surface area contributed by atoms with Gasteiger partial charge < -0.3 is 9.47 Å². The molecule has 168 valence electrons. The minimum Gasteiger partial charge on any atom is -0.444 e. The van der Waals surface area contributed by atoms with E-state index in [-0.39, 0.29) is 24.3 Å². The van der Waals surface area contributed by atoms with Gasteiger partial charge in [0.2, 0.25) is 0 Å². The van der Waals surface area contributed by atoms with Gasteiger partial charge in [0.05, 0.1) is 24.8 Å². The summed E-state index contributed by atoms with van der Waals surface area (Å²) in [5.41, 5.74) is 1.97. The molecule has 5 heteroatoms. The molecule has 1 saturated heterocycles. The van der Waals surface area contributed by atoms with E-state index in [1.807, 2.05) is 44.7 Å². The Labute approximate surface area is 187 Å². The second-order valence-electron chi connectivity index (χ2n) is 9.49. The molecule has 3 rings (SSSR count). The van der Waals surface area contributed by atoms with E-state index in [2.05, 4.69) is 60.4 Å². The second kappa shape index (κ2) is 10.3. The number of hydrogen-bond acceptors (Lipinski definition) is 4. The maximum atomic E-state index is 13.0. The molecule has 1 aliphatic rings. The Hall–Kier alpha value is -2.37. The third kappa shape index (κ3) is 7.08. The van der Waals surface area contributed by atoms with Crippen LogP contribution in [0.1, 0.15) is 45.7 Å². The summed E-state index contributed by atoms with van der Waals surface area (Å²) in [6.45, 7) is 12.6. The maximum absolute atomic E-state index is 13.0. The fourth-order valence-corrected chi connectivity index (χ4v) is 4.08. The highest BCUT2D eigenvalue weighted by Gasteiger charge is 2.38. The molecular formula is C26H36N2O3. The summed E-state index contributed by atoms with van der Waals surface area (Å²) in [6, 6.07) is 20.8. The zero-order chi connectivity index (χ0) is 22.4. The van der Waals surface area contributed by atoms with Crippen LogP contribution in [0.3, 0.4) is 0 Å². The molecule has 0 unspecified atom stereocenters. The fraction of sp³-hybridized carbons (Fsp3) is 0.500. The van der Waals surface area contributed by atoms with Crippen LogP contribution in [0, 0.1) is 0 Å². The van der Waals surface area contributed by atoms with Gasteiger partial charge >= 0.3 is 6.09 Å². The van der Waals surface area contributed by atoms with Gasteiger partial charge in [0, 0.05) is 19.6 Å². The van der Waals surface area contributed by atoms with Crippen molar-refractivity contribution in [3.05, 3.63) is 71.8 Å². The van der Waals surface area contributed by atoms with Gasteiger partial charge in [-0.25, -0.2) is 4.79 Å². The lowest BCUT2D eigenvalue weighted by Gasteiger charge is -2.44. The third-order valence-corrected chi connectivity index (χ3v) is 5.41. The Morgan fingerprint density at radius 2 is 1.52 bits per heavy atom. The molecule has 0 N–H and O–H groups in total. The van der Waals surface area contributed by atoms with Crippen LogP contribution in [0.5, 0.6) is 0 Å². The first-order chi connectivity index (χ1) is 14.7. The van der Waals surface area contributed by atoms with E-state index in [1.54, 1.807) is 0 Å². The van der Waals surface area contributed by atoms with Crippen LogP contribution in [-0.4, -0.2) is 52.8 Å². The van der Waals surface area contributed by atoms with Gasteiger partial charge in [-0.05, 0) is 45.7 Å². The molecule has 1 aliphatic heterocycles. The predicted octanol–water partition coefficient (Wildman–Crippen LogP) is 5.10. The van der Waals surface area contributed by atoms with Crippen LogP contribution in [0.4, 0.5) is 4.79 Å². The molecule has 0 spiro atoms. The molecule has 3 atom stereocenters. The van der Waals surface area contributed by atoms with Gasteiger partial charge in [-0.3, -0.25) is 9.80 Å². The number of amides is 1. The molecule has 0 bridgehead atoms. The molecule has 0 radical (unpaired) electrons. The monoisotopic (exact) mass is 424 g/mol. The van der Waals surface area contributed by atoms with Gasteiger partial charge in [-0.15, -0.1) is 0 Å². The molecule has 1 amide bonds. The average molecular weight is 425 g/mol. The Morgan fingerprint density at radius 1 is 1.00 bits per heavy atom. The molecule has 2 aromatic rings. The zero-order valence-corrected chi connectivity index (χ0v) is 19.5. The van der Waals surface area contributed by atoms with Gasteiger partial charge in [-0.1, -0.05) is 60.7 Å². The zero-order valence-electron chi connectivity index (χ0n) is 19.5. The van der Waals surface area contributed by atoms with Crippen molar-refractivity contribution in [1.29, 1.82) is 0 Å². The number of carbonyl (C=O) groups is 1. The van der Waals surface area contributed by atoms with Gasteiger partial charge in [0.1, 0.15) is 5.60 Å². The van der Waals surface area contributed by atoms with Crippen molar-refractivity contribution in [2.24, 2.45) is 0 Å². The molecule has 0 aromatic heterocycles. The number of benzene rings is 2. The van der Waals surface area contributed by atoms with Crippen LogP contribution in [0.25, 0.3) is 0 Å². The van der Waals surface area contributed by atoms with E-state index in [0.717, 1.165) is 13.1 Å². The summed E-state index contributed by atoms with van der Waals surface area (Å²) in [6.07, 6.45) is -0.361. The number of carbonyl (C=O) groups excluding carboxylic acids is 1. The van der Waals surface area contributed by atoms with Crippen LogP contribution in [0.15, 0.2) is 60.7 Å². The summed E-state index contributed by atoms with van der Waals surface area (Å²) >= 11 is 0. The minimum absolute atomic E-state index is 0.0181. The summed E-state index contributed by atoms with van der Waals surface area (Å²) in [7, 11) is 0. The first-order valence-electron chi connectivity index (χ1n) is 11.2. The molecule has 0 saturated carbocycles. The lowest BCUT2D eigenvalue weighted by molar-refractivity contribution is -0.110. The van der Waals surface area contributed by atoms with Crippen LogP contribution >= 0.6 is 0 Å². The molecule has 2 aromatic carbocycles. The number of rotatable bonds is 6. The molecule has 5 nitrogen and oxygen atoms in total. The van der Waals surface area contributed by atoms with E-state index >= 15 is 0 Å².